The summed E-state index contributed by atoms with van der Waals surface area (Å²) in [5.74, 6) is 0.797. The molecule has 2 aromatic rings. The van der Waals surface area contributed by atoms with Crippen LogP contribution in [0.4, 0.5) is 4.39 Å². The van der Waals surface area contributed by atoms with Crippen LogP contribution in [0.2, 0.25) is 0 Å². The van der Waals surface area contributed by atoms with E-state index in [2.05, 4.69) is 0 Å². The van der Waals surface area contributed by atoms with E-state index >= 15 is 0 Å². The van der Waals surface area contributed by atoms with Crippen LogP contribution in [0.1, 0.15) is 21.5 Å². The van der Waals surface area contributed by atoms with Crippen molar-refractivity contribution in [2.45, 2.75) is 13.5 Å². The van der Waals surface area contributed by atoms with E-state index in [1.165, 1.54) is 19.2 Å². The van der Waals surface area contributed by atoms with Crippen LogP contribution >= 0.6 is 0 Å². The second kappa shape index (κ2) is 6.19. The number of halogens is 1. The quantitative estimate of drug-likeness (QED) is 0.782. The van der Waals surface area contributed by atoms with Gasteiger partial charge in [-0.25, -0.2) is 4.39 Å². The minimum atomic E-state index is -0.274. The Bertz CT molecular complexity index is 623. The SMILES string of the molecule is COc1ccc(OCc2ccc(F)cc2C)c(C=O)c1. The van der Waals surface area contributed by atoms with Gasteiger partial charge < -0.3 is 9.47 Å². The number of aryl methyl sites for hydroxylation is 1. The van der Waals surface area contributed by atoms with Crippen LogP contribution in [0.3, 0.4) is 0 Å². The normalized spacial score (nSPS) is 10.2. The highest BCUT2D eigenvalue weighted by molar-refractivity contribution is 5.80. The van der Waals surface area contributed by atoms with Gasteiger partial charge in [-0.3, -0.25) is 4.79 Å². The monoisotopic (exact) mass is 274 g/mol. The molecule has 0 aliphatic rings. The summed E-state index contributed by atoms with van der Waals surface area (Å²) in [6, 6.07) is 9.53. The number of ether oxygens (including phenoxy) is 2. The lowest BCUT2D eigenvalue weighted by Crippen LogP contribution is -2.01. The van der Waals surface area contributed by atoms with Gasteiger partial charge in [0.1, 0.15) is 23.9 Å². The second-order valence-electron chi connectivity index (χ2n) is 4.38. The zero-order valence-electron chi connectivity index (χ0n) is 11.4. The van der Waals surface area contributed by atoms with Crippen LogP contribution in [-0.4, -0.2) is 13.4 Å². The molecule has 0 N–H and O–H groups in total. The van der Waals surface area contributed by atoms with E-state index in [0.29, 0.717) is 17.1 Å². The summed E-state index contributed by atoms with van der Waals surface area (Å²) in [5.41, 5.74) is 2.11. The molecule has 20 heavy (non-hydrogen) atoms. The van der Waals surface area contributed by atoms with Gasteiger partial charge in [-0.05, 0) is 48.4 Å². The molecular formula is C16H15FO3. The van der Waals surface area contributed by atoms with E-state index in [-0.39, 0.29) is 12.4 Å². The second-order valence-corrected chi connectivity index (χ2v) is 4.38. The summed E-state index contributed by atoms with van der Waals surface area (Å²) in [6.07, 6.45) is 0.718. The molecule has 0 aliphatic carbocycles. The van der Waals surface area contributed by atoms with E-state index in [1.807, 2.05) is 6.92 Å². The van der Waals surface area contributed by atoms with Gasteiger partial charge in [0.25, 0.3) is 0 Å². The van der Waals surface area contributed by atoms with Crippen molar-refractivity contribution in [3.63, 3.8) is 0 Å². The van der Waals surface area contributed by atoms with Crippen molar-refractivity contribution >= 4 is 6.29 Å². The third-order valence-corrected chi connectivity index (χ3v) is 3.03. The Labute approximate surface area is 117 Å². The molecule has 0 aliphatic heterocycles. The minimum absolute atomic E-state index is 0.274. The third-order valence-electron chi connectivity index (χ3n) is 3.03. The van der Waals surface area contributed by atoms with Gasteiger partial charge >= 0.3 is 0 Å². The Kier molecular flexibility index (Phi) is 4.35. The molecule has 2 aromatic carbocycles. The molecule has 3 nitrogen and oxygen atoms in total. The van der Waals surface area contributed by atoms with Gasteiger partial charge in [-0.15, -0.1) is 0 Å². The first kappa shape index (κ1) is 14.1. The number of hydrogen-bond acceptors (Lipinski definition) is 3. The topological polar surface area (TPSA) is 35.5 Å². The molecule has 0 unspecified atom stereocenters. The number of hydrogen-bond donors (Lipinski definition) is 0. The van der Waals surface area contributed by atoms with Gasteiger partial charge in [0.15, 0.2) is 6.29 Å². The highest BCUT2D eigenvalue weighted by Crippen LogP contribution is 2.24. The van der Waals surface area contributed by atoms with Crippen LogP contribution in [0.25, 0.3) is 0 Å². The van der Waals surface area contributed by atoms with Gasteiger partial charge in [0.05, 0.1) is 12.7 Å². The molecule has 2 rings (SSSR count). The highest BCUT2D eigenvalue weighted by Gasteiger charge is 2.07. The molecule has 0 saturated heterocycles. The molecule has 104 valence electrons. The summed E-state index contributed by atoms with van der Waals surface area (Å²) in [6.45, 7) is 2.09. The van der Waals surface area contributed by atoms with E-state index in [4.69, 9.17) is 9.47 Å². The molecule has 0 bridgehead atoms. The predicted molar refractivity (Wildman–Crippen MR) is 73.9 cm³/mol. The van der Waals surface area contributed by atoms with Crippen LogP contribution in [0, 0.1) is 12.7 Å². The number of benzene rings is 2. The average Bonchev–Trinajstić information content (AvgIpc) is 2.46. The van der Waals surface area contributed by atoms with Crippen molar-refractivity contribution < 1.29 is 18.7 Å². The van der Waals surface area contributed by atoms with E-state index < -0.39 is 0 Å². The van der Waals surface area contributed by atoms with Gasteiger partial charge in [0, 0.05) is 0 Å². The Hall–Kier alpha value is -2.36. The summed E-state index contributed by atoms with van der Waals surface area (Å²) in [5, 5.41) is 0. The van der Waals surface area contributed by atoms with Crippen molar-refractivity contribution in [1.29, 1.82) is 0 Å². The number of rotatable bonds is 5. The lowest BCUT2D eigenvalue weighted by molar-refractivity contribution is 0.111. The maximum Gasteiger partial charge on any atom is 0.153 e. The molecule has 4 heteroatoms. The van der Waals surface area contributed by atoms with Crippen molar-refractivity contribution in [3.8, 4) is 11.5 Å². The summed E-state index contributed by atoms with van der Waals surface area (Å²) >= 11 is 0. The fourth-order valence-electron chi connectivity index (χ4n) is 1.85. The van der Waals surface area contributed by atoms with Crippen molar-refractivity contribution in [2.75, 3.05) is 7.11 Å². The van der Waals surface area contributed by atoms with E-state index in [1.54, 1.807) is 24.3 Å². The highest BCUT2D eigenvalue weighted by atomic mass is 19.1. The molecule has 0 amide bonds. The first-order valence-electron chi connectivity index (χ1n) is 6.15. The number of aldehydes is 1. The van der Waals surface area contributed by atoms with Crippen molar-refractivity contribution in [3.05, 3.63) is 58.9 Å². The maximum absolute atomic E-state index is 13.0. The first-order valence-corrected chi connectivity index (χ1v) is 6.15. The summed E-state index contributed by atoms with van der Waals surface area (Å²) in [7, 11) is 1.53. The Morgan fingerprint density at radius 2 is 2.00 bits per heavy atom. The molecule has 0 spiro atoms. The lowest BCUT2D eigenvalue weighted by Gasteiger charge is -2.11. The van der Waals surface area contributed by atoms with Crippen molar-refractivity contribution in [2.24, 2.45) is 0 Å². The van der Waals surface area contributed by atoms with Crippen LogP contribution < -0.4 is 9.47 Å². The fourth-order valence-corrected chi connectivity index (χ4v) is 1.85. The van der Waals surface area contributed by atoms with E-state index in [9.17, 15) is 9.18 Å². The minimum Gasteiger partial charge on any atom is -0.497 e. The van der Waals surface area contributed by atoms with Gasteiger partial charge in [0.2, 0.25) is 0 Å². The standard InChI is InChI=1S/C16H15FO3/c1-11-7-14(17)4-3-12(11)10-20-16-6-5-15(19-2)8-13(16)9-18/h3-9H,10H2,1-2H3. The zero-order chi connectivity index (χ0) is 14.5. The number of carbonyl (C=O) groups excluding carboxylic acids is 1. The average molecular weight is 274 g/mol. The molecule has 0 saturated carbocycles. The number of carbonyl (C=O) groups is 1. The molecule has 0 fully saturated rings. The first-order chi connectivity index (χ1) is 9.63. The molecular weight excluding hydrogens is 259 g/mol. The van der Waals surface area contributed by atoms with Gasteiger partial charge in [-0.1, -0.05) is 6.07 Å². The molecule has 0 heterocycles. The zero-order valence-corrected chi connectivity index (χ0v) is 11.4. The largest absolute Gasteiger partial charge is 0.497 e. The maximum atomic E-state index is 13.0. The van der Waals surface area contributed by atoms with Gasteiger partial charge in [-0.2, -0.15) is 0 Å². The summed E-state index contributed by atoms with van der Waals surface area (Å²) in [4.78, 5) is 11.0. The Morgan fingerprint density at radius 3 is 2.65 bits per heavy atom. The summed E-state index contributed by atoms with van der Waals surface area (Å²) < 4.78 is 23.7. The molecule has 0 atom stereocenters. The Morgan fingerprint density at radius 1 is 1.20 bits per heavy atom. The Balaban J connectivity index is 2.16. The van der Waals surface area contributed by atoms with Crippen LogP contribution in [0.5, 0.6) is 11.5 Å². The lowest BCUT2D eigenvalue weighted by atomic mass is 10.1. The molecule has 0 aromatic heterocycles. The fraction of sp³-hybridized carbons (Fsp3) is 0.188. The van der Waals surface area contributed by atoms with Crippen molar-refractivity contribution in [1.82, 2.24) is 0 Å². The van der Waals surface area contributed by atoms with Crippen LogP contribution in [-0.2, 0) is 6.61 Å². The molecule has 0 radical (unpaired) electrons. The smallest absolute Gasteiger partial charge is 0.153 e. The van der Waals surface area contributed by atoms with Crippen LogP contribution in [0.15, 0.2) is 36.4 Å². The van der Waals surface area contributed by atoms with E-state index in [0.717, 1.165) is 17.4 Å². The predicted octanol–water partition coefficient (Wildman–Crippen LogP) is 3.53. The third kappa shape index (κ3) is 3.15. The number of methoxy groups -OCH3 is 1.